The summed E-state index contributed by atoms with van der Waals surface area (Å²) in [5.41, 5.74) is 1.48. The third-order valence-corrected chi connectivity index (χ3v) is 6.03. The smallest absolute Gasteiger partial charge is 0.258 e. The minimum absolute atomic E-state index is 0.172. The largest absolute Gasteiger partial charge is 0.493 e. The number of carbonyl (C=O) groups is 1. The van der Waals surface area contributed by atoms with Gasteiger partial charge >= 0.3 is 0 Å². The van der Waals surface area contributed by atoms with Crippen LogP contribution in [0.3, 0.4) is 0 Å². The highest BCUT2D eigenvalue weighted by molar-refractivity contribution is 7.89. The van der Waals surface area contributed by atoms with Gasteiger partial charge in [-0.25, -0.2) is 12.7 Å². The zero-order valence-electron chi connectivity index (χ0n) is 17.2. The Morgan fingerprint density at radius 3 is 2.24 bits per heavy atom. The standard InChI is InChI=1S/C20H26N2O6S/c1-14-10-16(29(24,25)22(2)3)7-9-17(14)28-13-20(23)21-12-15-6-8-18(26-4)19(11-15)27-5/h6-11H,12-13H2,1-5H3,(H,21,23). The maximum absolute atomic E-state index is 12.2. The summed E-state index contributed by atoms with van der Waals surface area (Å²) in [7, 11) is 2.53. The normalized spacial score (nSPS) is 11.2. The monoisotopic (exact) mass is 422 g/mol. The SMILES string of the molecule is COc1ccc(CNC(=O)COc2ccc(S(=O)(=O)N(C)C)cc2C)cc1OC. The van der Waals surface area contributed by atoms with Gasteiger partial charge < -0.3 is 19.5 Å². The molecule has 0 saturated heterocycles. The number of ether oxygens (including phenoxy) is 3. The molecule has 0 unspecified atom stereocenters. The molecule has 0 radical (unpaired) electrons. The highest BCUT2D eigenvalue weighted by atomic mass is 32.2. The van der Waals surface area contributed by atoms with Gasteiger partial charge in [-0.05, 0) is 48.4 Å². The highest BCUT2D eigenvalue weighted by Crippen LogP contribution is 2.27. The first-order valence-electron chi connectivity index (χ1n) is 8.82. The summed E-state index contributed by atoms with van der Waals surface area (Å²) in [6.07, 6.45) is 0. The predicted octanol–water partition coefficient (Wildman–Crippen LogP) is 1.96. The Balaban J connectivity index is 1.94. The van der Waals surface area contributed by atoms with Crippen molar-refractivity contribution >= 4 is 15.9 Å². The molecule has 158 valence electrons. The van der Waals surface area contributed by atoms with Crippen LogP contribution in [0, 0.1) is 6.92 Å². The minimum atomic E-state index is -3.52. The number of nitrogens with zero attached hydrogens (tertiary/aromatic N) is 1. The maximum Gasteiger partial charge on any atom is 0.258 e. The minimum Gasteiger partial charge on any atom is -0.493 e. The van der Waals surface area contributed by atoms with Crippen LogP contribution in [0.25, 0.3) is 0 Å². The van der Waals surface area contributed by atoms with E-state index in [-0.39, 0.29) is 17.4 Å². The number of benzene rings is 2. The van der Waals surface area contributed by atoms with Crippen LogP contribution in [0.5, 0.6) is 17.2 Å². The molecule has 0 spiro atoms. The molecule has 0 saturated carbocycles. The number of carbonyl (C=O) groups excluding carboxylic acids is 1. The fraction of sp³-hybridized carbons (Fsp3) is 0.350. The molecule has 2 rings (SSSR count). The van der Waals surface area contributed by atoms with Gasteiger partial charge in [0.25, 0.3) is 5.91 Å². The molecule has 0 heterocycles. The molecule has 2 aromatic carbocycles. The van der Waals surface area contributed by atoms with Gasteiger partial charge in [-0.15, -0.1) is 0 Å². The third-order valence-electron chi connectivity index (χ3n) is 4.22. The molecule has 0 fully saturated rings. The lowest BCUT2D eigenvalue weighted by atomic mass is 10.2. The van der Waals surface area contributed by atoms with Crippen molar-refractivity contribution in [2.24, 2.45) is 0 Å². The maximum atomic E-state index is 12.2. The number of hydrogen-bond acceptors (Lipinski definition) is 6. The first-order chi connectivity index (χ1) is 13.7. The summed E-state index contributed by atoms with van der Waals surface area (Å²) >= 11 is 0. The second kappa shape index (κ2) is 9.62. The molecule has 0 aromatic heterocycles. The van der Waals surface area contributed by atoms with Gasteiger partial charge in [0.05, 0.1) is 19.1 Å². The van der Waals surface area contributed by atoms with E-state index in [1.54, 1.807) is 39.3 Å². The third kappa shape index (κ3) is 5.61. The average molecular weight is 423 g/mol. The second-order valence-electron chi connectivity index (χ2n) is 6.47. The highest BCUT2D eigenvalue weighted by Gasteiger charge is 2.18. The van der Waals surface area contributed by atoms with Crippen LogP contribution in [-0.2, 0) is 21.4 Å². The number of methoxy groups -OCH3 is 2. The van der Waals surface area contributed by atoms with Gasteiger partial charge in [-0.2, -0.15) is 0 Å². The van der Waals surface area contributed by atoms with Gasteiger partial charge in [0, 0.05) is 20.6 Å². The van der Waals surface area contributed by atoms with Gasteiger partial charge in [0.1, 0.15) is 5.75 Å². The van der Waals surface area contributed by atoms with E-state index in [1.165, 1.54) is 26.2 Å². The lowest BCUT2D eigenvalue weighted by molar-refractivity contribution is -0.123. The van der Waals surface area contributed by atoms with Crippen molar-refractivity contribution < 1.29 is 27.4 Å². The average Bonchev–Trinajstić information content (AvgIpc) is 2.70. The van der Waals surface area contributed by atoms with E-state index in [1.807, 2.05) is 6.07 Å². The Hall–Kier alpha value is -2.78. The molecule has 0 atom stereocenters. The quantitative estimate of drug-likeness (QED) is 0.664. The molecule has 0 aliphatic rings. The fourth-order valence-electron chi connectivity index (χ4n) is 2.54. The van der Waals surface area contributed by atoms with E-state index in [9.17, 15) is 13.2 Å². The van der Waals surface area contributed by atoms with Crippen LogP contribution in [0.2, 0.25) is 0 Å². The van der Waals surface area contributed by atoms with Crippen molar-refractivity contribution in [1.82, 2.24) is 9.62 Å². The summed E-state index contributed by atoms with van der Waals surface area (Å²) < 4.78 is 41.4. The Labute approximate surface area is 171 Å². The van der Waals surface area contributed by atoms with E-state index in [2.05, 4.69) is 5.32 Å². The zero-order chi connectivity index (χ0) is 21.6. The number of nitrogens with one attached hydrogen (secondary N) is 1. The molecule has 0 aliphatic heterocycles. The van der Waals surface area contributed by atoms with Crippen molar-refractivity contribution in [1.29, 1.82) is 0 Å². The number of rotatable bonds is 9. The molecule has 1 N–H and O–H groups in total. The fourth-order valence-corrected chi connectivity index (χ4v) is 3.53. The number of aryl methyl sites for hydroxylation is 1. The van der Waals surface area contributed by atoms with E-state index < -0.39 is 10.0 Å². The molecule has 9 heteroatoms. The molecule has 2 aromatic rings. The van der Waals surface area contributed by atoms with Gasteiger partial charge in [0.2, 0.25) is 10.0 Å². The first-order valence-corrected chi connectivity index (χ1v) is 10.3. The van der Waals surface area contributed by atoms with Crippen molar-refractivity contribution in [3.63, 3.8) is 0 Å². The summed E-state index contributed by atoms with van der Waals surface area (Å²) in [6.45, 7) is 1.85. The summed E-state index contributed by atoms with van der Waals surface area (Å²) in [6, 6.07) is 9.91. The lowest BCUT2D eigenvalue weighted by Crippen LogP contribution is -2.28. The van der Waals surface area contributed by atoms with Crippen LogP contribution in [0.4, 0.5) is 0 Å². The van der Waals surface area contributed by atoms with E-state index in [0.29, 0.717) is 29.4 Å². The molecule has 8 nitrogen and oxygen atoms in total. The predicted molar refractivity (Wildman–Crippen MR) is 109 cm³/mol. The second-order valence-corrected chi connectivity index (χ2v) is 8.62. The van der Waals surface area contributed by atoms with Crippen LogP contribution in [0.15, 0.2) is 41.3 Å². The van der Waals surface area contributed by atoms with Gasteiger partial charge in [-0.1, -0.05) is 6.07 Å². The van der Waals surface area contributed by atoms with Crippen molar-refractivity contribution in [3.8, 4) is 17.2 Å². The Morgan fingerprint density at radius 1 is 1.00 bits per heavy atom. The van der Waals surface area contributed by atoms with Crippen LogP contribution >= 0.6 is 0 Å². The molecular weight excluding hydrogens is 396 g/mol. The molecule has 29 heavy (non-hydrogen) atoms. The van der Waals surface area contributed by atoms with Crippen molar-refractivity contribution in [2.45, 2.75) is 18.4 Å². The molecular formula is C20H26N2O6S. The van der Waals surface area contributed by atoms with E-state index in [4.69, 9.17) is 14.2 Å². The van der Waals surface area contributed by atoms with Crippen LogP contribution in [0.1, 0.15) is 11.1 Å². The zero-order valence-corrected chi connectivity index (χ0v) is 18.0. The van der Waals surface area contributed by atoms with Crippen LogP contribution in [-0.4, -0.2) is 53.6 Å². The first kappa shape index (κ1) is 22.5. The Bertz CT molecular complexity index is 973. The van der Waals surface area contributed by atoms with Crippen LogP contribution < -0.4 is 19.5 Å². The van der Waals surface area contributed by atoms with E-state index >= 15 is 0 Å². The van der Waals surface area contributed by atoms with E-state index in [0.717, 1.165) is 9.87 Å². The molecule has 1 amide bonds. The lowest BCUT2D eigenvalue weighted by Gasteiger charge is -2.14. The topological polar surface area (TPSA) is 94.2 Å². The summed E-state index contributed by atoms with van der Waals surface area (Å²) in [5.74, 6) is 1.34. The Morgan fingerprint density at radius 2 is 1.66 bits per heavy atom. The Kier molecular flexibility index (Phi) is 7.46. The summed E-state index contributed by atoms with van der Waals surface area (Å²) in [4.78, 5) is 12.3. The summed E-state index contributed by atoms with van der Waals surface area (Å²) in [5, 5.41) is 2.77. The van der Waals surface area contributed by atoms with Crippen molar-refractivity contribution in [2.75, 3.05) is 34.9 Å². The number of amides is 1. The number of sulfonamides is 1. The van der Waals surface area contributed by atoms with Crippen molar-refractivity contribution in [3.05, 3.63) is 47.5 Å². The van der Waals surface area contributed by atoms with Gasteiger partial charge in [0.15, 0.2) is 18.1 Å². The van der Waals surface area contributed by atoms with Gasteiger partial charge in [-0.3, -0.25) is 4.79 Å². The number of hydrogen-bond donors (Lipinski definition) is 1. The molecule has 0 aliphatic carbocycles. The molecule has 0 bridgehead atoms.